The van der Waals surface area contributed by atoms with Crippen molar-refractivity contribution >= 4 is 28.9 Å². The zero-order chi connectivity index (χ0) is 20.8. The fraction of sp³-hybridized carbons (Fsp3) is 0.190. The third-order valence-electron chi connectivity index (χ3n) is 4.12. The van der Waals surface area contributed by atoms with Crippen molar-refractivity contribution in [1.82, 2.24) is 9.97 Å². The number of Topliss-reactive ketones (excluding diaryl/α,β-unsaturated/α-hetero) is 1. The van der Waals surface area contributed by atoms with Gasteiger partial charge in [0.15, 0.2) is 17.3 Å². The van der Waals surface area contributed by atoms with Gasteiger partial charge in [-0.1, -0.05) is 12.1 Å². The molecule has 0 aliphatic rings. The number of aromatic nitrogens is 2. The summed E-state index contributed by atoms with van der Waals surface area (Å²) in [6.45, 7) is 1.53. The first-order valence-corrected chi connectivity index (χ1v) is 8.82. The van der Waals surface area contributed by atoms with E-state index in [0.717, 1.165) is 5.69 Å². The van der Waals surface area contributed by atoms with Crippen LogP contribution in [0.25, 0.3) is 0 Å². The average molecular weight is 394 g/mol. The van der Waals surface area contributed by atoms with E-state index in [2.05, 4.69) is 20.6 Å². The Bertz CT molecular complexity index is 998. The molecule has 0 unspecified atom stereocenters. The first-order valence-electron chi connectivity index (χ1n) is 8.82. The lowest BCUT2D eigenvalue weighted by Crippen LogP contribution is -2.02. The van der Waals surface area contributed by atoms with Crippen molar-refractivity contribution < 1.29 is 19.0 Å². The van der Waals surface area contributed by atoms with Gasteiger partial charge >= 0.3 is 0 Å². The molecule has 1 aromatic heterocycles. The number of anilines is 4. The number of ketones is 1. The number of hydrogen-bond acceptors (Lipinski definition) is 8. The normalized spacial score (nSPS) is 10.2. The highest BCUT2D eigenvalue weighted by Gasteiger charge is 2.14. The summed E-state index contributed by atoms with van der Waals surface area (Å²) in [4.78, 5) is 20.3. The molecule has 0 amide bonds. The number of nitrogens with zero attached hydrogens (tertiary/aromatic N) is 2. The summed E-state index contributed by atoms with van der Waals surface area (Å²) in [5.74, 6) is 2.50. The molecule has 8 nitrogen and oxygen atoms in total. The minimum absolute atomic E-state index is 0.00101. The molecule has 2 aromatic carbocycles. The number of nitrogens with one attached hydrogen (secondary N) is 2. The molecule has 0 atom stereocenters. The summed E-state index contributed by atoms with van der Waals surface area (Å²) in [7, 11) is 4.65. The quantitative estimate of drug-likeness (QED) is 0.549. The van der Waals surface area contributed by atoms with Gasteiger partial charge in [-0.25, -0.2) is 4.98 Å². The summed E-state index contributed by atoms with van der Waals surface area (Å²) in [5, 5.41) is 6.30. The van der Waals surface area contributed by atoms with E-state index in [1.54, 1.807) is 57.9 Å². The number of methoxy groups -OCH3 is 3. The minimum Gasteiger partial charge on any atom is -0.493 e. The van der Waals surface area contributed by atoms with Crippen molar-refractivity contribution in [2.75, 3.05) is 32.0 Å². The molecule has 0 bridgehead atoms. The summed E-state index contributed by atoms with van der Waals surface area (Å²) in [6.07, 6.45) is 1.63. The van der Waals surface area contributed by atoms with Gasteiger partial charge in [0.25, 0.3) is 0 Å². The van der Waals surface area contributed by atoms with Crippen LogP contribution >= 0.6 is 0 Å². The fourth-order valence-electron chi connectivity index (χ4n) is 2.73. The Morgan fingerprint density at radius 3 is 2.24 bits per heavy atom. The molecule has 0 saturated heterocycles. The molecule has 0 radical (unpaired) electrons. The molecule has 0 fully saturated rings. The van der Waals surface area contributed by atoms with Crippen molar-refractivity contribution in [2.45, 2.75) is 6.92 Å². The maximum atomic E-state index is 11.6. The third kappa shape index (κ3) is 4.73. The lowest BCUT2D eigenvalue weighted by atomic mass is 10.1. The van der Waals surface area contributed by atoms with E-state index in [1.807, 2.05) is 12.1 Å². The van der Waals surface area contributed by atoms with Crippen LogP contribution in [0.3, 0.4) is 0 Å². The largest absolute Gasteiger partial charge is 0.493 e. The Balaban J connectivity index is 1.83. The second kappa shape index (κ2) is 8.92. The van der Waals surface area contributed by atoms with E-state index in [-0.39, 0.29) is 5.78 Å². The number of benzene rings is 2. The molecule has 150 valence electrons. The Morgan fingerprint density at radius 1 is 0.897 bits per heavy atom. The van der Waals surface area contributed by atoms with E-state index in [4.69, 9.17) is 14.2 Å². The number of carbonyl (C=O) groups excluding carboxylic acids is 1. The zero-order valence-corrected chi connectivity index (χ0v) is 16.6. The molecule has 0 aliphatic carbocycles. The predicted octanol–water partition coefficient (Wildman–Crippen LogP) is 4.19. The molecular weight excluding hydrogens is 372 g/mol. The standard InChI is InChI=1S/C21H22N4O4/c1-13(26)14-6-5-7-15(10-14)23-19-8-9-22-21(25-19)24-16-11-17(27-2)20(29-4)18(12-16)28-3/h5-12H,1-4H3,(H2,22,23,24,25). The van der Waals surface area contributed by atoms with Crippen molar-refractivity contribution in [3.63, 3.8) is 0 Å². The highest BCUT2D eigenvalue weighted by atomic mass is 16.5. The second-order valence-electron chi connectivity index (χ2n) is 6.07. The van der Waals surface area contributed by atoms with Crippen LogP contribution in [0.1, 0.15) is 17.3 Å². The van der Waals surface area contributed by atoms with Gasteiger partial charge in [-0.3, -0.25) is 4.79 Å². The SMILES string of the molecule is COc1cc(Nc2nccc(Nc3cccc(C(C)=O)c3)n2)cc(OC)c1OC. The number of rotatable bonds is 8. The molecule has 8 heteroatoms. The smallest absolute Gasteiger partial charge is 0.229 e. The van der Waals surface area contributed by atoms with Gasteiger partial charge in [-0.2, -0.15) is 4.98 Å². The van der Waals surface area contributed by atoms with Crippen LogP contribution in [0.2, 0.25) is 0 Å². The van der Waals surface area contributed by atoms with Gasteiger partial charge in [0.05, 0.1) is 21.3 Å². The van der Waals surface area contributed by atoms with Crippen molar-refractivity contribution in [3.8, 4) is 17.2 Å². The topological polar surface area (TPSA) is 94.6 Å². The van der Waals surface area contributed by atoms with Crippen LogP contribution < -0.4 is 24.8 Å². The van der Waals surface area contributed by atoms with Crippen LogP contribution in [0, 0.1) is 0 Å². The fourth-order valence-corrected chi connectivity index (χ4v) is 2.73. The predicted molar refractivity (Wildman–Crippen MR) is 111 cm³/mol. The summed E-state index contributed by atoms with van der Waals surface area (Å²) in [6, 6.07) is 12.5. The minimum atomic E-state index is 0.00101. The molecular formula is C21H22N4O4. The number of ether oxygens (including phenoxy) is 3. The van der Waals surface area contributed by atoms with Crippen LogP contribution in [0.5, 0.6) is 17.2 Å². The van der Waals surface area contributed by atoms with Crippen molar-refractivity contribution in [3.05, 3.63) is 54.2 Å². The monoisotopic (exact) mass is 394 g/mol. The molecule has 0 spiro atoms. The molecule has 0 saturated carbocycles. The number of hydrogen-bond donors (Lipinski definition) is 2. The van der Waals surface area contributed by atoms with Gasteiger partial charge in [0.1, 0.15) is 5.82 Å². The average Bonchev–Trinajstić information content (AvgIpc) is 2.73. The van der Waals surface area contributed by atoms with E-state index in [0.29, 0.717) is 40.3 Å². The Kier molecular flexibility index (Phi) is 6.13. The van der Waals surface area contributed by atoms with Crippen molar-refractivity contribution in [1.29, 1.82) is 0 Å². The van der Waals surface area contributed by atoms with Gasteiger partial charge in [0.2, 0.25) is 11.7 Å². The Labute approximate surface area is 168 Å². The molecule has 1 heterocycles. The van der Waals surface area contributed by atoms with E-state index in [9.17, 15) is 4.79 Å². The van der Waals surface area contributed by atoms with Gasteiger partial charge in [0, 0.05) is 35.3 Å². The van der Waals surface area contributed by atoms with Crippen LogP contribution in [0.4, 0.5) is 23.1 Å². The molecule has 3 rings (SSSR count). The first-order chi connectivity index (χ1) is 14.0. The molecule has 0 aliphatic heterocycles. The summed E-state index contributed by atoms with van der Waals surface area (Å²) in [5.41, 5.74) is 2.06. The van der Waals surface area contributed by atoms with E-state index >= 15 is 0 Å². The molecule has 3 aromatic rings. The van der Waals surface area contributed by atoms with Crippen LogP contribution in [0.15, 0.2) is 48.7 Å². The first kappa shape index (κ1) is 19.9. The van der Waals surface area contributed by atoms with Gasteiger partial charge in [-0.15, -0.1) is 0 Å². The van der Waals surface area contributed by atoms with Crippen LogP contribution in [-0.4, -0.2) is 37.1 Å². The lowest BCUT2D eigenvalue weighted by Gasteiger charge is -2.15. The van der Waals surface area contributed by atoms with E-state index in [1.165, 1.54) is 6.92 Å². The number of carbonyl (C=O) groups is 1. The highest BCUT2D eigenvalue weighted by molar-refractivity contribution is 5.95. The van der Waals surface area contributed by atoms with Gasteiger partial charge in [-0.05, 0) is 25.1 Å². The second-order valence-corrected chi connectivity index (χ2v) is 6.07. The molecule has 2 N–H and O–H groups in total. The maximum absolute atomic E-state index is 11.6. The Hall–Kier alpha value is -3.81. The van der Waals surface area contributed by atoms with E-state index < -0.39 is 0 Å². The summed E-state index contributed by atoms with van der Waals surface area (Å²) >= 11 is 0. The highest BCUT2D eigenvalue weighted by Crippen LogP contribution is 2.40. The van der Waals surface area contributed by atoms with Gasteiger partial charge < -0.3 is 24.8 Å². The molecule has 29 heavy (non-hydrogen) atoms. The third-order valence-corrected chi connectivity index (χ3v) is 4.12. The van der Waals surface area contributed by atoms with Crippen molar-refractivity contribution in [2.24, 2.45) is 0 Å². The van der Waals surface area contributed by atoms with Crippen LogP contribution in [-0.2, 0) is 0 Å². The maximum Gasteiger partial charge on any atom is 0.229 e. The zero-order valence-electron chi connectivity index (χ0n) is 16.6. The summed E-state index contributed by atoms with van der Waals surface area (Å²) < 4.78 is 16.1. The Morgan fingerprint density at radius 2 is 1.62 bits per heavy atom. The lowest BCUT2D eigenvalue weighted by molar-refractivity contribution is 0.101.